The van der Waals surface area contributed by atoms with E-state index in [1.165, 1.54) is 18.3 Å². The molecule has 190 valence electrons. The number of nitrogens with zero attached hydrogens (tertiary/aromatic N) is 3. The van der Waals surface area contributed by atoms with Crippen molar-refractivity contribution in [1.82, 2.24) is 14.9 Å². The van der Waals surface area contributed by atoms with Crippen LogP contribution in [-0.4, -0.2) is 59.8 Å². The van der Waals surface area contributed by atoms with Gasteiger partial charge in [0.1, 0.15) is 18.1 Å². The quantitative estimate of drug-likeness (QED) is 0.400. The lowest BCUT2D eigenvalue weighted by Crippen LogP contribution is -2.34. The number of amides is 1. The van der Waals surface area contributed by atoms with Gasteiger partial charge in [-0.15, -0.1) is 0 Å². The molecule has 3 rings (SSSR count). The molecule has 1 saturated heterocycles. The van der Waals surface area contributed by atoms with Gasteiger partial charge in [-0.1, -0.05) is 19.4 Å². The number of anilines is 2. The first-order valence-electron chi connectivity index (χ1n) is 11.1. The summed E-state index contributed by atoms with van der Waals surface area (Å²) in [6.07, 6.45) is 0.316. The van der Waals surface area contributed by atoms with E-state index in [9.17, 15) is 26.7 Å². The van der Waals surface area contributed by atoms with Crippen molar-refractivity contribution in [3.05, 3.63) is 53.5 Å². The summed E-state index contributed by atoms with van der Waals surface area (Å²) in [6.45, 7) is 2.22. The van der Waals surface area contributed by atoms with Gasteiger partial charge >= 0.3 is 6.18 Å². The molecule has 12 heteroatoms. The summed E-state index contributed by atoms with van der Waals surface area (Å²) in [6, 6.07) is 3.35. The first-order valence-corrected chi connectivity index (χ1v) is 11.1. The highest BCUT2D eigenvalue weighted by Gasteiger charge is 2.28. The minimum atomic E-state index is -4.52. The monoisotopic (exact) mass is 499 g/mol. The number of unbranched alkanes of at least 4 members (excludes halogenated alkanes) is 1. The molecule has 0 unspecified atom stereocenters. The fourth-order valence-corrected chi connectivity index (χ4v) is 3.38. The number of carbonyl (C=O) groups is 1. The van der Waals surface area contributed by atoms with Crippen LogP contribution >= 0.6 is 0 Å². The van der Waals surface area contributed by atoms with E-state index in [4.69, 9.17) is 4.74 Å². The van der Waals surface area contributed by atoms with Crippen molar-refractivity contribution >= 4 is 23.1 Å². The van der Waals surface area contributed by atoms with E-state index in [2.05, 4.69) is 20.6 Å². The molecule has 1 aliphatic heterocycles. The molecule has 2 aromatic rings. The number of hydrogen-bond donors (Lipinski definition) is 2. The largest absolute Gasteiger partial charge is 0.405 e. The topological polar surface area (TPSA) is 79.4 Å². The van der Waals surface area contributed by atoms with Crippen LogP contribution in [0.2, 0.25) is 0 Å². The van der Waals surface area contributed by atoms with Crippen molar-refractivity contribution < 1.29 is 31.5 Å². The van der Waals surface area contributed by atoms with Gasteiger partial charge in [0.25, 0.3) is 11.9 Å². The number of nitrogens with one attached hydrogen (secondary N) is 2. The third kappa shape index (κ3) is 7.61. The smallest absolute Gasteiger partial charge is 0.380 e. The minimum absolute atomic E-state index is 0.00387. The van der Waals surface area contributed by atoms with Gasteiger partial charge in [0.05, 0.1) is 6.61 Å². The van der Waals surface area contributed by atoms with Crippen molar-refractivity contribution in [2.24, 2.45) is 0 Å². The summed E-state index contributed by atoms with van der Waals surface area (Å²) in [5, 5.41) is 5.16. The normalized spacial score (nSPS) is 15.0. The number of aromatic nitrogens is 2. The van der Waals surface area contributed by atoms with Gasteiger partial charge in [-0.2, -0.15) is 22.5 Å². The number of rotatable bonds is 8. The van der Waals surface area contributed by atoms with Crippen molar-refractivity contribution in [2.75, 3.05) is 43.5 Å². The molecule has 2 N–H and O–H groups in total. The molecular weight excluding hydrogens is 473 g/mol. The molecule has 0 aromatic carbocycles. The van der Waals surface area contributed by atoms with Crippen LogP contribution in [0.3, 0.4) is 0 Å². The van der Waals surface area contributed by atoms with Gasteiger partial charge in [-0.25, -0.2) is 4.39 Å². The molecular formula is C23H26F5N5O2. The van der Waals surface area contributed by atoms with E-state index < -0.39 is 30.4 Å². The summed E-state index contributed by atoms with van der Waals surface area (Å²) >= 11 is 0. The SMILES string of the molecule is CCC/C=C(/Nc1ccc(F)c(F)n1)c1cnc(C(=O)N2CCCOCC2)cc1NCC(F)(F)F. The van der Waals surface area contributed by atoms with E-state index in [0.717, 1.165) is 6.07 Å². The molecule has 3 heterocycles. The van der Waals surface area contributed by atoms with Crippen molar-refractivity contribution in [3.63, 3.8) is 0 Å². The van der Waals surface area contributed by atoms with Crippen LogP contribution < -0.4 is 10.6 Å². The molecule has 2 aromatic heterocycles. The van der Waals surface area contributed by atoms with Crippen molar-refractivity contribution in [3.8, 4) is 0 Å². The molecule has 7 nitrogen and oxygen atoms in total. The Kier molecular flexibility index (Phi) is 8.96. The van der Waals surface area contributed by atoms with Gasteiger partial charge in [-0.05, 0) is 31.0 Å². The van der Waals surface area contributed by atoms with Gasteiger partial charge in [-0.3, -0.25) is 9.78 Å². The maximum atomic E-state index is 13.6. The zero-order chi connectivity index (χ0) is 25.4. The van der Waals surface area contributed by atoms with Crippen LogP contribution in [0, 0.1) is 11.8 Å². The number of carbonyl (C=O) groups excluding carboxylic acids is 1. The van der Waals surface area contributed by atoms with E-state index in [-0.39, 0.29) is 28.5 Å². The number of allylic oxidation sites excluding steroid dienone is 1. The Morgan fingerprint density at radius 2 is 2.03 bits per heavy atom. The average Bonchev–Trinajstić information content (AvgIpc) is 3.11. The van der Waals surface area contributed by atoms with Crippen LogP contribution in [0.15, 0.2) is 30.5 Å². The lowest BCUT2D eigenvalue weighted by atomic mass is 10.1. The summed E-state index contributed by atoms with van der Waals surface area (Å²) in [5.41, 5.74) is 0.472. The van der Waals surface area contributed by atoms with Crippen molar-refractivity contribution in [2.45, 2.75) is 32.4 Å². The van der Waals surface area contributed by atoms with Crippen LogP contribution in [0.25, 0.3) is 5.70 Å². The van der Waals surface area contributed by atoms with Gasteiger partial charge in [0.2, 0.25) is 0 Å². The summed E-state index contributed by atoms with van der Waals surface area (Å²) in [4.78, 5) is 22.2. The standard InChI is InChI=1S/C23H26F5N5O2/c1-2-3-5-17(31-20-7-6-16(24)21(25)32-20)15-13-29-19(12-18(15)30-14-23(26,27)28)22(34)33-8-4-10-35-11-9-33/h5-7,12-13H,2-4,8-11,14H2,1H3,(H,29,30)(H,31,32)/b17-5+. The fourth-order valence-electron chi connectivity index (χ4n) is 3.38. The predicted molar refractivity (Wildman–Crippen MR) is 121 cm³/mol. The van der Waals surface area contributed by atoms with E-state index in [1.54, 1.807) is 11.0 Å². The first-order chi connectivity index (χ1) is 16.7. The van der Waals surface area contributed by atoms with Crippen LogP contribution in [0.1, 0.15) is 42.2 Å². The molecule has 1 amide bonds. The summed E-state index contributed by atoms with van der Waals surface area (Å²) in [5.74, 6) is -2.92. The molecule has 0 aliphatic carbocycles. The summed E-state index contributed by atoms with van der Waals surface area (Å²) < 4.78 is 71.3. The Morgan fingerprint density at radius 3 is 2.74 bits per heavy atom. The third-order valence-corrected chi connectivity index (χ3v) is 5.11. The van der Waals surface area contributed by atoms with E-state index >= 15 is 0 Å². The van der Waals surface area contributed by atoms with Gasteiger partial charge in [0, 0.05) is 42.8 Å². The second-order valence-corrected chi connectivity index (χ2v) is 7.84. The lowest BCUT2D eigenvalue weighted by molar-refractivity contribution is -0.115. The molecule has 0 radical (unpaired) electrons. The minimum Gasteiger partial charge on any atom is -0.380 e. The zero-order valence-electron chi connectivity index (χ0n) is 19.1. The third-order valence-electron chi connectivity index (χ3n) is 5.11. The molecule has 0 spiro atoms. The Hall–Kier alpha value is -3.28. The Labute approximate surface area is 199 Å². The number of ether oxygens (including phenoxy) is 1. The Balaban J connectivity index is 1.98. The molecule has 1 fully saturated rings. The lowest BCUT2D eigenvalue weighted by Gasteiger charge is -2.21. The maximum absolute atomic E-state index is 13.6. The zero-order valence-corrected chi connectivity index (χ0v) is 19.1. The van der Waals surface area contributed by atoms with Crippen LogP contribution in [-0.2, 0) is 4.74 Å². The maximum Gasteiger partial charge on any atom is 0.405 e. The van der Waals surface area contributed by atoms with Gasteiger partial charge in [0.15, 0.2) is 5.82 Å². The Morgan fingerprint density at radius 1 is 1.23 bits per heavy atom. The predicted octanol–water partition coefficient (Wildman–Crippen LogP) is 4.84. The Bertz CT molecular complexity index is 1050. The highest BCUT2D eigenvalue weighted by Crippen LogP contribution is 2.28. The number of pyridine rings is 2. The molecule has 35 heavy (non-hydrogen) atoms. The first kappa shape index (κ1) is 26.3. The number of halogens is 5. The van der Waals surface area contributed by atoms with Crippen LogP contribution in [0.4, 0.5) is 33.5 Å². The molecule has 0 atom stereocenters. The second kappa shape index (κ2) is 11.9. The van der Waals surface area contributed by atoms with Crippen LogP contribution in [0.5, 0.6) is 0 Å². The number of hydrogen-bond acceptors (Lipinski definition) is 6. The van der Waals surface area contributed by atoms with E-state index in [1.807, 2.05) is 6.92 Å². The average molecular weight is 499 g/mol. The molecule has 0 bridgehead atoms. The highest BCUT2D eigenvalue weighted by atomic mass is 19.4. The van der Waals surface area contributed by atoms with Crippen molar-refractivity contribution in [1.29, 1.82) is 0 Å². The molecule has 0 saturated carbocycles. The highest BCUT2D eigenvalue weighted by molar-refractivity contribution is 5.94. The van der Waals surface area contributed by atoms with E-state index in [0.29, 0.717) is 45.6 Å². The van der Waals surface area contributed by atoms with Gasteiger partial charge < -0.3 is 20.3 Å². The second-order valence-electron chi connectivity index (χ2n) is 7.84. The fraction of sp³-hybridized carbons (Fsp3) is 0.435. The summed E-state index contributed by atoms with van der Waals surface area (Å²) in [7, 11) is 0. The number of alkyl halides is 3. The molecule has 1 aliphatic rings.